The third-order valence-corrected chi connectivity index (χ3v) is 5.22. The average Bonchev–Trinajstić information content (AvgIpc) is 3.25. The molecule has 0 spiro atoms. The fourth-order valence-corrected chi connectivity index (χ4v) is 3.55. The maximum atomic E-state index is 12.7. The Morgan fingerprint density at radius 3 is 2.46 bits per heavy atom. The minimum Gasteiger partial charge on any atom is -0.372 e. The number of aryl methyl sites for hydroxylation is 1. The van der Waals surface area contributed by atoms with Gasteiger partial charge in [0.2, 0.25) is 0 Å². The Morgan fingerprint density at radius 2 is 1.82 bits per heavy atom. The fraction of sp³-hybridized carbons (Fsp3) is 0.409. The van der Waals surface area contributed by atoms with Crippen LogP contribution in [0, 0.1) is 6.92 Å². The summed E-state index contributed by atoms with van der Waals surface area (Å²) in [6.45, 7) is 9.64. The topological polar surface area (TPSA) is 65.5 Å². The van der Waals surface area contributed by atoms with Crippen molar-refractivity contribution in [1.29, 1.82) is 0 Å². The first kappa shape index (κ1) is 19.9. The summed E-state index contributed by atoms with van der Waals surface area (Å²) in [4.78, 5) is 33.5. The van der Waals surface area contributed by atoms with Crippen LogP contribution in [0.3, 0.4) is 0 Å². The van der Waals surface area contributed by atoms with Crippen LogP contribution in [0.4, 0.5) is 11.4 Å². The van der Waals surface area contributed by atoms with Crippen LogP contribution in [-0.2, 0) is 0 Å². The molecule has 2 heterocycles. The third-order valence-electron chi connectivity index (χ3n) is 5.22. The van der Waals surface area contributed by atoms with Gasteiger partial charge in [-0.25, -0.2) is 0 Å². The number of rotatable bonds is 6. The quantitative estimate of drug-likeness (QED) is 0.829. The van der Waals surface area contributed by atoms with Crippen LogP contribution < -0.4 is 10.2 Å². The number of carbonyl (C=O) groups is 2. The molecule has 148 valence electrons. The predicted molar refractivity (Wildman–Crippen MR) is 112 cm³/mol. The molecule has 1 aromatic carbocycles. The number of anilines is 2. The Hall–Kier alpha value is -2.89. The molecule has 0 unspecified atom stereocenters. The molecule has 2 aromatic rings. The van der Waals surface area contributed by atoms with Gasteiger partial charge in [-0.3, -0.25) is 14.6 Å². The molecule has 0 radical (unpaired) electrons. The van der Waals surface area contributed by atoms with Crippen molar-refractivity contribution >= 4 is 23.2 Å². The van der Waals surface area contributed by atoms with E-state index in [1.165, 1.54) is 6.20 Å². The first-order valence-corrected chi connectivity index (χ1v) is 9.95. The molecule has 28 heavy (non-hydrogen) atoms. The Bertz CT molecular complexity index is 855. The summed E-state index contributed by atoms with van der Waals surface area (Å²) in [5, 5.41) is 2.92. The van der Waals surface area contributed by atoms with Crippen molar-refractivity contribution in [3.8, 4) is 0 Å². The van der Waals surface area contributed by atoms with Gasteiger partial charge in [-0.15, -0.1) is 0 Å². The molecule has 6 heteroatoms. The van der Waals surface area contributed by atoms with Crippen molar-refractivity contribution in [2.24, 2.45) is 0 Å². The summed E-state index contributed by atoms with van der Waals surface area (Å²) >= 11 is 0. The molecule has 3 rings (SSSR count). The molecule has 1 N–H and O–H groups in total. The first-order chi connectivity index (χ1) is 13.5. The molecule has 1 aliphatic rings. The number of amides is 2. The van der Waals surface area contributed by atoms with E-state index < -0.39 is 0 Å². The van der Waals surface area contributed by atoms with Crippen molar-refractivity contribution in [2.75, 3.05) is 36.4 Å². The van der Waals surface area contributed by atoms with Crippen molar-refractivity contribution in [3.05, 3.63) is 53.3 Å². The highest BCUT2D eigenvalue weighted by molar-refractivity contribution is 6.05. The number of aromatic nitrogens is 1. The zero-order valence-corrected chi connectivity index (χ0v) is 16.9. The minimum atomic E-state index is -0.310. The standard InChI is InChI=1S/C22H28N4O2/c1-4-25(5-2)18-8-9-19(16(3)14-18)24-21(27)20-15-17(10-11-23-20)22(28)26-12-6-7-13-26/h8-11,14-15H,4-7,12-13H2,1-3H3,(H,24,27). The second-order valence-electron chi connectivity index (χ2n) is 7.05. The van der Waals surface area contributed by atoms with E-state index in [0.717, 1.165) is 56.0 Å². The van der Waals surface area contributed by atoms with E-state index in [0.29, 0.717) is 5.56 Å². The highest BCUT2D eigenvalue weighted by atomic mass is 16.2. The maximum absolute atomic E-state index is 12.7. The summed E-state index contributed by atoms with van der Waals surface area (Å²) in [6.07, 6.45) is 3.59. The third kappa shape index (κ3) is 4.32. The Kier molecular flexibility index (Phi) is 6.29. The smallest absolute Gasteiger partial charge is 0.274 e. The maximum Gasteiger partial charge on any atom is 0.274 e. The number of nitrogens with one attached hydrogen (secondary N) is 1. The van der Waals surface area contributed by atoms with Crippen LogP contribution in [0.5, 0.6) is 0 Å². The molecule has 0 atom stereocenters. The first-order valence-electron chi connectivity index (χ1n) is 9.95. The summed E-state index contributed by atoms with van der Waals surface area (Å²) < 4.78 is 0. The molecule has 2 amide bonds. The lowest BCUT2D eigenvalue weighted by Crippen LogP contribution is -2.28. The molecular weight excluding hydrogens is 352 g/mol. The van der Waals surface area contributed by atoms with Gasteiger partial charge in [0, 0.05) is 49.3 Å². The Balaban J connectivity index is 1.74. The molecule has 0 aliphatic carbocycles. The van der Waals surface area contributed by atoms with Gasteiger partial charge in [0.1, 0.15) is 5.69 Å². The molecule has 1 aromatic heterocycles. The van der Waals surface area contributed by atoms with E-state index in [1.54, 1.807) is 12.1 Å². The van der Waals surface area contributed by atoms with E-state index in [1.807, 2.05) is 24.0 Å². The van der Waals surface area contributed by atoms with Gasteiger partial charge < -0.3 is 15.1 Å². The minimum absolute atomic E-state index is 0.0336. The van der Waals surface area contributed by atoms with Crippen LogP contribution in [0.1, 0.15) is 53.1 Å². The van der Waals surface area contributed by atoms with Gasteiger partial charge in [0.05, 0.1) is 0 Å². The van der Waals surface area contributed by atoms with Crippen LogP contribution in [0.15, 0.2) is 36.5 Å². The summed E-state index contributed by atoms with van der Waals surface area (Å²) in [5.41, 5.74) is 3.63. The predicted octanol–water partition coefficient (Wildman–Crippen LogP) is 3.72. The average molecular weight is 380 g/mol. The highest BCUT2D eigenvalue weighted by Gasteiger charge is 2.21. The van der Waals surface area contributed by atoms with Crippen LogP contribution in [0.2, 0.25) is 0 Å². The second-order valence-corrected chi connectivity index (χ2v) is 7.05. The SMILES string of the molecule is CCN(CC)c1ccc(NC(=O)c2cc(C(=O)N3CCCC3)ccn2)c(C)c1. The van der Waals surface area contributed by atoms with E-state index in [2.05, 4.69) is 35.1 Å². The Morgan fingerprint density at radius 1 is 1.11 bits per heavy atom. The molecule has 6 nitrogen and oxygen atoms in total. The normalized spacial score (nSPS) is 13.5. The van der Waals surface area contributed by atoms with E-state index >= 15 is 0 Å². The monoisotopic (exact) mass is 380 g/mol. The summed E-state index contributed by atoms with van der Waals surface area (Å²) in [6, 6.07) is 9.25. The number of nitrogens with zero attached hydrogens (tertiary/aromatic N) is 3. The number of hydrogen-bond acceptors (Lipinski definition) is 4. The largest absolute Gasteiger partial charge is 0.372 e. The second kappa shape index (κ2) is 8.87. The number of hydrogen-bond donors (Lipinski definition) is 1. The zero-order valence-electron chi connectivity index (χ0n) is 16.9. The number of carbonyl (C=O) groups excluding carboxylic acids is 2. The van der Waals surface area contributed by atoms with E-state index in [9.17, 15) is 9.59 Å². The molecule has 1 fully saturated rings. The van der Waals surface area contributed by atoms with Crippen molar-refractivity contribution in [1.82, 2.24) is 9.88 Å². The van der Waals surface area contributed by atoms with Gasteiger partial charge in [0.25, 0.3) is 11.8 Å². The highest BCUT2D eigenvalue weighted by Crippen LogP contribution is 2.23. The number of pyridine rings is 1. The lowest BCUT2D eigenvalue weighted by Gasteiger charge is -2.22. The van der Waals surface area contributed by atoms with Crippen molar-refractivity contribution in [2.45, 2.75) is 33.6 Å². The Labute approximate surface area is 166 Å². The van der Waals surface area contributed by atoms with Gasteiger partial charge in [-0.2, -0.15) is 0 Å². The molecule has 0 bridgehead atoms. The van der Waals surface area contributed by atoms with Crippen LogP contribution in [-0.4, -0.2) is 47.9 Å². The zero-order chi connectivity index (χ0) is 20.1. The van der Waals surface area contributed by atoms with Crippen molar-refractivity contribution < 1.29 is 9.59 Å². The summed E-state index contributed by atoms with van der Waals surface area (Å²) in [7, 11) is 0. The van der Waals surface area contributed by atoms with Crippen molar-refractivity contribution in [3.63, 3.8) is 0 Å². The molecular formula is C22H28N4O2. The van der Waals surface area contributed by atoms with Gasteiger partial charge >= 0.3 is 0 Å². The van der Waals surface area contributed by atoms with Gasteiger partial charge in [-0.05, 0) is 69.5 Å². The summed E-state index contributed by atoms with van der Waals surface area (Å²) in [5.74, 6) is -0.344. The molecule has 0 saturated carbocycles. The van der Waals surface area contributed by atoms with Crippen LogP contribution >= 0.6 is 0 Å². The van der Waals surface area contributed by atoms with Gasteiger partial charge in [-0.1, -0.05) is 0 Å². The molecule has 1 aliphatic heterocycles. The van der Waals surface area contributed by atoms with Crippen LogP contribution in [0.25, 0.3) is 0 Å². The molecule has 1 saturated heterocycles. The lowest BCUT2D eigenvalue weighted by molar-refractivity contribution is 0.0792. The number of likely N-dealkylation sites (tertiary alicyclic amines) is 1. The van der Waals surface area contributed by atoms with E-state index in [-0.39, 0.29) is 17.5 Å². The lowest BCUT2D eigenvalue weighted by atomic mass is 10.1. The van der Waals surface area contributed by atoms with E-state index in [4.69, 9.17) is 0 Å². The van der Waals surface area contributed by atoms with Gasteiger partial charge in [0.15, 0.2) is 0 Å². The fourth-order valence-electron chi connectivity index (χ4n) is 3.55. The number of benzene rings is 1.